The topological polar surface area (TPSA) is 75.7 Å². The van der Waals surface area contributed by atoms with Crippen molar-refractivity contribution in [3.05, 3.63) is 18.3 Å². The largest absolute Gasteiger partial charge is 0.481 e. The van der Waals surface area contributed by atoms with E-state index in [0.717, 1.165) is 32.7 Å². The molecule has 2 aliphatic heterocycles. The number of rotatable bonds is 6. The summed E-state index contributed by atoms with van der Waals surface area (Å²) in [5, 5.41) is 5.82. The third kappa shape index (κ3) is 4.36. The number of urea groups is 1. The molecular formula is C17H26N4O3. The molecule has 0 radical (unpaired) electrons. The second-order valence-electron chi connectivity index (χ2n) is 6.36. The van der Waals surface area contributed by atoms with E-state index >= 15 is 0 Å². The molecule has 0 unspecified atom stereocenters. The maximum atomic E-state index is 12.2. The molecule has 1 aromatic heterocycles. The van der Waals surface area contributed by atoms with Gasteiger partial charge in [0.15, 0.2) is 0 Å². The number of pyridine rings is 1. The van der Waals surface area contributed by atoms with Crippen LogP contribution in [0.3, 0.4) is 0 Å². The first-order valence-electron chi connectivity index (χ1n) is 8.63. The maximum absolute atomic E-state index is 12.2. The lowest BCUT2D eigenvalue weighted by Gasteiger charge is -2.31. The molecule has 0 saturated carbocycles. The highest BCUT2D eigenvalue weighted by molar-refractivity contribution is 5.89. The number of hydrogen-bond donors (Lipinski definition) is 2. The summed E-state index contributed by atoms with van der Waals surface area (Å²) in [5.41, 5.74) is 0.648. The summed E-state index contributed by atoms with van der Waals surface area (Å²) in [6.45, 7) is 4.51. The van der Waals surface area contributed by atoms with Crippen molar-refractivity contribution in [1.82, 2.24) is 15.2 Å². The van der Waals surface area contributed by atoms with E-state index < -0.39 is 0 Å². The Balaban J connectivity index is 1.51. The van der Waals surface area contributed by atoms with Crippen LogP contribution in [0.15, 0.2) is 18.3 Å². The minimum atomic E-state index is -0.204. The van der Waals surface area contributed by atoms with Crippen LogP contribution in [0.25, 0.3) is 0 Å². The van der Waals surface area contributed by atoms with E-state index in [2.05, 4.69) is 20.5 Å². The van der Waals surface area contributed by atoms with Crippen LogP contribution in [0.1, 0.15) is 19.3 Å². The van der Waals surface area contributed by atoms with Crippen molar-refractivity contribution < 1.29 is 14.3 Å². The predicted octanol–water partition coefficient (Wildman–Crippen LogP) is 1.71. The van der Waals surface area contributed by atoms with Gasteiger partial charge in [-0.2, -0.15) is 0 Å². The van der Waals surface area contributed by atoms with Crippen molar-refractivity contribution in [1.29, 1.82) is 0 Å². The van der Waals surface area contributed by atoms with Gasteiger partial charge < -0.3 is 20.1 Å². The van der Waals surface area contributed by atoms with E-state index in [4.69, 9.17) is 9.47 Å². The first kappa shape index (κ1) is 17.0. The van der Waals surface area contributed by atoms with E-state index in [1.807, 2.05) is 0 Å². The van der Waals surface area contributed by atoms with Crippen LogP contribution in [0.5, 0.6) is 5.88 Å². The average molecular weight is 334 g/mol. The summed E-state index contributed by atoms with van der Waals surface area (Å²) in [7, 11) is 1.56. The summed E-state index contributed by atoms with van der Waals surface area (Å²) >= 11 is 0. The van der Waals surface area contributed by atoms with Gasteiger partial charge in [0, 0.05) is 31.2 Å². The highest BCUT2D eigenvalue weighted by atomic mass is 16.5. The summed E-state index contributed by atoms with van der Waals surface area (Å²) in [5.74, 6) is 1.03. The molecule has 0 spiro atoms. The molecule has 7 nitrogen and oxygen atoms in total. The Morgan fingerprint density at radius 3 is 2.92 bits per heavy atom. The number of aromatic nitrogens is 1. The number of nitrogens with zero attached hydrogens (tertiary/aromatic N) is 2. The lowest BCUT2D eigenvalue weighted by molar-refractivity contribution is 0.135. The number of carbonyl (C=O) groups excluding carboxylic acids is 1. The first-order chi connectivity index (χ1) is 11.8. The number of likely N-dealkylation sites (tertiary alicyclic amines) is 1. The zero-order valence-electron chi connectivity index (χ0n) is 14.2. The van der Waals surface area contributed by atoms with E-state index in [0.29, 0.717) is 30.1 Å². The van der Waals surface area contributed by atoms with Crippen LogP contribution in [-0.4, -0.2) is 61.9 Å². The van der Waals surface area contributed by atoms with Crippen molar-refractivity contribution >= 4 is 11.7 Å². The molecule has 3 rings (SSSR count). The summed E-state index contributed by atoms with van der Waals surface area (Å²) < 4.78 is 10.6. The molecule has 1 aromatic rings. The van der Waals surface area contributed by atoms with Crippen LogP contribution in [-0.2, 0) is 4.74 Å². The van der Waals surface area contributed by atoms with Crippen molar-refractivity contribution in [3.63, 3.8) is 0 Å². The first-order valence-corrected chi connectivity index (χ1v) is 8.63. The second-order valence-corrected chi connectivity index (χ2v) is 6.36. The molecule has 2 amide bonds. The highest BCUT2D eigenvalue weighted by Crippen LogP contribution is 2.24. The molecule has 24 heavy (non-hydrogen) atoms. The van der Waals surface area contributed by atoms with E-state index in [9.17, 15) is 4.79 Å². The summed E-state index contributed by atoms with van der Waals surface area (Å²) in [6.07, 6.45) is 5.15. The average Bonchev–Trinajstić information content (AvgIpc) is 3.30. The Hall–Kier alpha value is -1.86. The van der Waals surface area contributed by atoms with E-state index in [1.165, 1.54) is 12.8 Å². The zero-order valence-corrected chi connectivity index (χ0v) is 14.2. The van der Waals surface area contributed by atoms with Gasteiger partial charge in [0.2, 0.25) is 5.88 Å². The van der Waals surface area contributed by atoms with Gasteiger partial charge in [0.1, 0.15) is 0 Å². The number of carbonyl (C=O) groups is 1. The fourth-order valence-corrected chi connectivity index (χ4v) is 3.47. The van der Waals surface area contributed by atoms with Gasteiger partial charge in [-0.3, -0.25) is 4.90 Å². The minimum Gasteiger partial charge on any atom is -0.481 e. The number of methoxy groups -OCH3 is 1. The van der Waals surface area contributed by atoms with E-state index in [-0.39, 0.29) is 6.03 Å². The van der Waals surface area contributed by atoms with Crippen molar-refractivity contribution in [3.8, 4) is 5.88 Å². The quantitative estimate of drug-likeness (QED) is 0.828. The number of nitrogens with one attached hydrogen (secondary N) is 2. The Morgan fingerprint density at radius 2 is 2.29 bits per heavy atom. The van der Waals surface area contributed by atoms with Crippen LogP contribution in [0.4, 0.5) is 10.5 Å². The van der Waals surface area contributed by atoms with Crippen LogP contribution in [0.2, 0.25) is 0 Å². The van der Waals surface area contributed by atoms with Gasteiger partial charge >= 0.3 is 6.03 Å². The normalized spacial score (nSPS) is 22.3. The molecule has 7 heteroatoms. The molecular weight excluding hydrogens is 308 g/mol. The Kier molecular flexibility index (Phi) is 5.87. The van der Waals surface area contributed by atoms with Gasteiger partial charge in [-0.15, -0.1) is 0 Å². The molecule has 3 heterocycles. The van der Waals surface area contributed by atoms with Gasteiger partial charge in [-0.1, -0.05) is 0 Å². The van der Waals surface area contributed by atoms with Gasteiger partial charge in [-0.25, -0.2) is 9.78 Å². The van der Waals surface area contributed by atoms with Gasteiger partial charge in [0.25, 0.3) is 0 Å². The number of ether oxygens (including phenoxy) is 2. The molecule has 132 valence electrons. The van der Waals surface area contributed by atoms with Crippen molar-refractivity contribution in [2.45, 2.75) is 25.3 Å². The smallest absolute Gasteiger partial charge is 0.319 e. The van der Waals surface area contributed by atoms with Crippen molar-refractivity contribution in [2.24, 2.45) is 5.92 Å². The van der Waals surface area contributed by atoms with Gasteiger partial charge in [0.05, 0.1) is 25.6 Å². The molecule has 2 saturated heterocycles. The molecule has 2 fully saturated rings. The number of hydrogen-bond acceptors (Lipinski definition) is 5. The van der Waals surface area contributed by atoms with Crippen molar-refractivity contribution in [2.75, 3.05) is 45.3 Å². The Bertz CT molecular complexity index is 509. The summed E-state index contributed by atoms with van der Waals surface area (Å²) in [4.78, 5) is 18.7. The van der Waals surface area contributed by atoms with Crippen LogP contribution < -0.4 is 15.4 Å². The lowest BCUT2D eigenvalue weighted by Crippen LogP contribution is -2.48. The Morgan fingerprint density at radius 1 is 1.46 bits per heavy atom. The zero-order chi connectivity index (χ0) is 16.8. The van der Waals surface area contributed by atoms with E-state index in [1.54, 1.807) is 25.4 Å². The monoisotopic (exact) mass is 334 g/mol. The maximum Gasteiger partial charge on any atom is 0.319 e. The fourth-order valence-electron chi connectivity index (χ4n) is 3.47. The van der Waals surface area contributed by atoms with Crippen LogP contribution >= 0.6 is 0 Å². The number of amides is 2. The summed E-state index contributed by atoms with van der Waals surface area (Å²) in [6, 6.07) is 3.65. The molecule has 2 N–H and O–H groups in total. The SMILES string of the molecule is COc1ccc(NC(=O)NC[C@H]([C@H]2CCOC2)N2CCCC2)cn1. The number of anilines is 1. The molecule has 2 aliphatic rings. The molecule has 2 atom stereocenters. The molecule has 0 aromatic carbocycles. The lowest BCUT2D eigenvalue weighted by atomic mass is 9.97. The third-order valence-corrected chi connectivity index (χ3v) is 4.79. The van der Waals surface area contributed by atoms with Crippen LogP contribution in [0, 0.1) is 5.92 Å². The standard InChI is InChI=1S/C17H26N4O3/c1-23-16-5-4-14(10-18-16)20-17(22)19-11-15(13-6-9-24-12-13)21-7-2-3-8-21/h4-5,10,13,15H,2-3,6-9,11-12H2,1H3,(H2,19,20,22)/t13-,15+/m0/s1. The highest BCUT2D eigenvalue weighted by Gasteiger charge is 2.32. The molecule has 0 bridgehead atoms. The Labute approximate surface area is 142 Å². The molecule has 0 aliphatic carbocycles. The second kappa shape index (κ2) is 8.30. The van der Waals surface area contributed by atoms with Gasteiger partial charge in [-0.05, 0) is 38.4 Å². The predicted molar refractivity (Wildman–Crippen MR) is 91.3 cm³/mol. The minimum absolute atomic E-state index is 0.204. The fraction of sp³-hybridized carbons (Fsp3) is 0.647. The third-order valence-electron chi connectivity index (χ3n) is 4.79.